The SMILES string of the molecule is CCCCCCn1c(SC(C)C(=O)Nc2cc([N+](=O)[O-])ccc2OC)nc2ccccc21. The Labute approximate surface area is 191 Å². The van der Waals surface area contributed by atoms with E-state index in [1.54, 1.807) is 6.92 Å². The van der Waals surface area contributed by atoms with Gasteiger partial charge < -0.3 is 14.6 Å². The molecule has 1 atom stereocenters. The first-order valence-electron chi connectivity index (χ1n) is 10.7. The molecule has 0 fully saturated rings. The lowest BCUT2D eigenvalue weighted by Crippen LogP contribution is -2.23. The van der Waals surface area contributed by atoms with Crippen LogP contribution in [0.3, 0.4) is 0 Å². The van der Waals surface area contributed by atoms with E-state index >= 15 is 0 Å². The number of aryl methyl sites for hydroxylation is 1. The maximum Gasteiger partial charge on any atom is 0.271 e. The van der Waals surface area contributed by atoms with Crippen LogP contribution in [-0.4, -0.2) is 32.7 Å². The molecular formula is C23H28N4O4S. The van der Waals surface area contributed by atoms with E-state index in [2.05, 4.69) is 16.8 Å². The number of fused-ring (bicyclic) bond motifs is 1. The monoisotopic (exact) mass is 456 g/mol. The summed E-state index contributed by atoms with van der Waals surface area (Å²) in [5, 5.41) is 14.2. The molecule has 1 amide bonds. The van der Waals surface area contributed by atoms with Crippen LogP contribution in [0.4, 0.5) is 11.4 Å². The molecule has 170 valence electrons. The number of nitro groups is 1. The van der Waals surface area contributed by atoms with Crippen molar-refractivity contribution in [2.75, 3.05) is 12.4 Å². The molecule has 0 radical (unpaired) electrons. The van der Waals surface area contributed by atoms with E-state index in [4.69, 9.17) is 9.72 Å². The largest absolute Gasteiger partial charge is 0.495 e. The van der Waals surface area contributed by atoms with Crippen molar-refractivity contribution in [3.8, 4) is 5.75 Å². The molecule has 0 aliphatic heterocycles. The van der Waals surface area contributed by atoms with Gasteiger partial charge in [0, 0.05) is 18.7 Å². The summed E-state index contributed by atoms with van der Waals surface area (Å²) in [5.74, 6) is 0.0858. The van der Waals surface area contributed by atoms with Gasteiger partial charge in [0.25, 0.3) is 5.69 Å². The molecule has 8 nitrogen and oxygen atoms in total. The van der Waals surface area contributed by atoms with Crippen molar-refractivity contribution < 1.29 is 14.5 Å². The average Bonchev–Trinajstić information content (AvgIpc) is 3.13. The molecule has 0 aliphatic carbocycles. The Kier molecular flexibility index (Phi) is 8.10. The number of unbranched alkanes of at least 4 members (excludes halogenated alkanes) is 3. The van der Waals surface area contributed by atoms with E-state index in [1.807, 2.05) is 24.3 Å². The fourth-order valence-electron chi connectivity index (χ4n) is 3.41. The number of para-hydroxylation sites is 2. The third-order valence-corrected chi connectivity index (χ3v) is 6.25. The first-order valence-corrected chi connectivity index (χ1v) is 11.6. The molecule has 0 spiro atoms. The van der Waals surface area contributed by atoms with Gasteiger partial charge in [-0.25, -0.2) is 4.98 Å². The number of hydrogen-bond acceptors (Lipinski definition) is 6. The summed E-state index contributed by atoms with van der Waals surface area (Å²) in [4.78, 5) is 28.2. The van der Waals surface area contributed by atoms with Crippen LogP contribution in [0, 0.1) is 10.1 Å². The van der Waals surface area contributed by atoms with Gasteiger partial charge in [-0.15, -0.1) is 0 Å². The van der Waals surface area contributed by atoms with E-state index in [9.17, 15) is 14.9 Å². The number of non-ortho nitro benzene ring substituents is 1. The Balaban J connectivity index is 1.78. The zero-order valence-electron chi connectivity index (χ0n) is 18.5. The zero-order chi connectivity index (χ0) is 23.1. The molecule has 3 aromatic rings. The summed E-state index contributed by atoms with van der Waals surface area (Å²) in [5.41, 5.74) is 2.11. The Bertz CT molecular complexity index is 1100. The molecule has 1 heterocycles. The highest BCUT2D eigenvalue weighted by molar-refractivity contribution is 8.00. The highest BCUT2D eigenvalue weighted by atomic mass is 32.2. The van der Waals surface area contributed by atoms with Gasteiger partial charge in [0.1, 0.15) is 5.75 Å². The van der Waals surface area contributed by atoms with Gasteiger partial charge in [0.05, 0.1) is 34.0 Å². The molecule has 2 aromatic carbocycles. The van der Waals surface area contributed by atoms with Gasteiger partial charge in [-0.05, 0) is 31.5 Å². The van der Waals surface area contributed by atoms with E-state index in [1.165, 1.54) is 49.9 Å². The van der Waals surface area contributed by atoms with Crippen molar-refractivity contribution in [3.63, 3.8) is 0 Å². The number of carbonyl (C=O) groups is 1. The van der Waals surface area contributed by atoms with Crippen LogP contribution < -0.4 is 10.1 Å². The summed E-state index contributed by atoms with van der Waals surface area (Å²) in [6.45, 7) is 4.82. The predicted octanol–water partition coefficient (Wildman–Crippen LogP) is 5.65. The van der Waals surface area contributed by atoms with Crippen molar-refractivity contribution in [2.45, 2.75) is 56.5 Å². The molecule has 1 aromatic heterocycles. The molecule has 0 bridgehead atoms. The fourth-order valence-corrected chi connectivity index (χ4v) is 4.36. The molecule has 9 heteroatoms. The summed E-state index contributed by atoms with van der Waals surface area (Å²) in [6.07, 6.45) is 4.56. The highest BCUT2D eigenvalue weighted by Crippen LogP contribution is 2.32. The highest BCUT2D eigenvalue weighted by Gasteiger charge is 2.21. The quantitative estimate of drug-likeness (QED) is 0.173. The van der Waals surface area contributed by atoms with Crippen LogP contribution in [0.15, 0.2) is 47.6 Å². The number of benzene rings is 2. The lowest BCUT2D eigenvalue weighted by Gasteiger charge is -2.15. The van der Waals surface area contributed by atoms with E-state index in [0.717, 1.165) is 35.6 Å². The number of methoxy groups -OCH3 is 1. The molecule has 1 N–H and O–H groups in total. The van der Waals surface area contributed by atoms with Crippen molar-refractivity contribution in [1.29, 1.82) is 0 Å². The van der Waals surface area contributed by atoms with Crippen LogP contribution in [0.5, 0.6) is 5.75 Å². The Morgan fingerprint density at radius 3 is 2.75 bits per heavy atom. The minimum Gasteiger partial charge on any atom is -0.495 e. The summed E-state index contributed by atoms with van der Waals surface area (Å²) in [7, 11) is 1.45. The minimum absolute atomic E-state index is 0.115. The van der Waals surface area contributed by atoms with Crippen molar-refractivity contribution in [2.24, 2.45) is 0 Å². The van der Waals surface area contributed by atoms with Gasteiger partial charge in [-0.1, -0.05) is 50.1 Å². The molecule has 1 unspecified atom stereocenters. The second kappa shape index (κ2) is 11.0. The van der Waals surface area contributed by atoms with Gasteiger partial charge in [-0.2, -0.15) is 0 Å². The predicted molar refractivity (Wildman–Crippen MR) is 127 cm³/mol. The second-order valence-corrected chi connectivity index (χ2v) is 8.79. The maximum absolute atomic E-state index is 12.9. The third-order valence-electron chi connectivity index (χ3n) is 5.16. The summed E-state index contributed by atoms with van der Waals surface area (Å²) >= 11 is 1.38. The van der Waals surface area contributed by atoms with Crippen LogP contribution in [0.1, 0.15) is 39.5 Å². The van der Waals surface area contributed by atoms with Gasteiger partial charge >= 0.3 is 0 Å². The topological polar surface area (TPSA) is 99.3 Å². The number of anilines is 1. The minimum atomic E-state index is -0.506. The first kappa shape index (κ1) is 23.6. The number of amides is 1. The second-order valence-electron chi connectivity index (χ2n) is 7.49. The van der Waals surface area contributed by atoms with E-state index in [-0.39, 0.29) is 17.3 Å². The number of aromatic nitrogens is 2. The Morgan fingerprint density at radius 2 is 2.03 bits per heavy atom. The number of rotatable bonds is 11. The standard InChI is InChI=1S/C23H28N4O4S/c1-4-5-6-9-14-26-20-11-8-7-10-18(20)25-23(26)32-16(2)22(28)24-19-15-17(27(29)30)12-13-21(19)31-3/h7-8,10-13,15-16H,4-6,9,14H2,1-3H3,(H,24,28). The van der Waals surface area contributed by atoms with Crippen molar-refractivity contribution >= 4 is 40.1 Å². The molecule has 0 saturated carbocycles. The molecule has 32 heavy (non-hydrogen) atoms. The number of nitro benzene ring substituents is 1. The van der Waals surface area contributed by atoms with Crippen LogP contribution in [-0.2, 0) is 11.3 Å². The lowest BCUT2D eigenvalue weighted by molar-refractivity contribution is -0.384. The Morgan fingerprint density at radius 1 is 1.25 bits per heavy atom. The van der Waals surface area contributed by atoms with Crippen LogP contribution in [0.25, 0.3) is 11.0 Å². The normalized spacial score (nSPS) is 12.0. The first-order chi connectivity index (χ1) is 15.4. The number of ether oxygens (including phenoxy) is 1. The van der Waals surface area contributed by atoms with Crippen molar-refractivity contribution in [3.05, 3.63) is 52.6 Å². The van der Waals surface area contributed by atoms with Crippen LogP contribution in [0.2, 0.25) is 0 Å². The smallest absolute Gasteiger partial charge is 0.271 e. The number of thioether (sulfide) groups is 1. The number of imidazole rings is 1. The number of hydrogen-bond donors (Lipinski definition) is 1. The summed E-state index contributed by atoms with van der Waals surface area (Å²) < 4.78 is 7.42. The lowest BCUT2D eigenvalue weighted by atomic mass is 10.2. The van der Waals surface area contributed by atoms with E-state index < -0.39 is 10.2 Å². The molecule has 0 aliphatic rings. The summed E-state index contributed by atoms with van der Waals surface area (Å²) in [6, 6.07) is 12.1. The van der Waals surface area contributed by atoms with Crippen molar-refractivity contribution in [1.82, 2.24) is 9.55 Å². The van der Waals surface area contributed by atoms with Gasteiger partial charge in [-0.3, -0.25) is 14.9 Å². The van der Waals surface area contributed by atoms with Crippen LogP contribution >= 0.6 is 11.8 Å². The third kappa shape index (κ3) is 5.59. The molecule has 3 rings (SSSR count). The maximum atomic E-state index is 12.9. The number of carbonyl (C=O) groups excluding carboxylic acids is 1. The number of nitrogens with zero attached hydrogens (tertiary/aromatic N) is 3. The van der Waals surface area contributed by atoms with E-state index in [0.29, 0.717) is 5.75 Å². The fraction of sp³-hybridized carbons (Fsp3) is 0.391. The van der Waals surface area contributed by atoms with Gasteiger partial charge in [0.2, 0.25) is 5.91 Å². The Hall–Kier alpha value is -3.07. The molecule has 0 saturated heterocycles. The average molecular weight is 457 g/mol. The molecular weight excluding hydrogens is 428 g/mol. The van der Waals surface area contributed by atoms with Gasteiger partial charge in [0.15, 0.2) is 5.16 Å². The number of nitrogens with one attached hydrogen (secondary N) is 1. The zero-order valence-corrected chi connectivity index (χ0v) is 19.4.